The van der Waals surface area contributed by atoms with Crippen molar-refractivity contribution in [1.82, 2.24) is 4.98 Å². The average Bonchev–Trinajstić information content (AvgIpc) is 3.13. The summed E-state index contributed by atoms with van der Waals surface area (Å²) in [7, 11) is 0.533. The molecule has 16 nitrogen and oxygen atoms in total. The van der Waals surface area contributed by atoms with Crippen LogP contribution in [0, 0.1) is 20.8 Å². The van der Waals surface area contributed by atoms with Crippen LogP contribution in [0.4, 0.5) is 0 Å². The quantitative estimate of drug-likeness (QED) is 0.0376. The normalized spacial score (nSPS) is 11.1. The van der Waals surface area contributed by atoms with Crippen LogP contribution in [0.3, 0.4) is 0 Å². The molecule has 354 valence electrons. The summed E-state index contributed by atoms with van der Waals surface area (Å²) in [6, 6.07) is 12.6. The van der Waals surface area contributed by atoms with Crippen LogP contribution in [0.1, 0.15) is 16.7 Å². The fraction of sp³-hybridized carbons (Fsp3) is 0.559. The van der Waals surface area contributed by atoms with Gasteiger partial charge in [0.2, 0.25) is 9.05 Å². The zero-order valence-electron chi connectivity index (χ0n) is 35.1. The Morgan fingerprint density at radius 1 is 0.557 bits per heavy atom. The molecule has 0 saturated carbocycles. The van der Waals surface area contributed by atoms with Crippen LogP contribution in [0.25, 0.3) is 0 Å². The molecular weight excluding hydrogens is 1010 g/mol. The van der Waals surface area contributed by atoms with E-state index in [9.17, 15) is 25.3 Å². The van der Waals surface area contributed by atoms with Crippen molar-refractivity contribution in [3.8, 4) is 0 Å². The van der Waals surface area contributed by atoms with Crippen molar-refractivity contribution >= 4 is 115 Å². The second-order valence-electron chi connectivity index (χ2n) is 11.6. The van der Waals surface area contributed by atoms with Crippen molar-refractivity contribution < 1.29 is 65.9 Å². The number of halogens is 1. The molecule has 0 atom stereocenters. The molecular formula is C34H59ClN3O13S10+. The summed E-state index contributed by atoms with van der Waals surface area (Å²) in [5.74, 6) is 4.83. The van der Waals surface area contributed by atoms with Gasteiger partial charge in [0.05, 0.1) is 66.8 Å². The SMILES string of the molecule is CS(=O)(=O)Cl.CS(=O)(=O)OCCSSCCOS(C)(=O)=O.CS(=O)(=O)[O-].Cc1cc[n+](CCSSCC[n+]2ccc(C)cc2)cc1.Cc1ccncc1.OCCSSCCO. The smallest absolute Gasteiger partial charge is 0.264 e. The predicted octanol–water partition coefficient (Wildman–Crippen LogP) is 4.37. The second kappa shape index (κ2) is 39.8. The van der Waals surface area contributed by atoms with Gasteiger partial charge in [-0.3, -0.25) is 13.4 Å². The highest BCUT2D eigenvalue weighted by atomic mass is 35.7. The summed E-state index contributed by atoms with van der Waals surface area (Å²) < 4.78 is 102. The number of hydrogen-bond donors (Lipinski definition) is 2. The Labute approximate surface area is 392 Å². The summed E-state index contributed by atoms with van der Waals surface area (Å²) >= 11 is 0. The largest absolute Gasteiger partial charge is 0.748 e. The van der Waals surface area contributed by atoms with Gasteiger partial charge in [0.25, 0.3) is 20.2 Å². The molecule has 0 radical (unpaired) electrons. The van der Waals surface area contributed by atoms with E-state index >= 15 is 0 Å². The van der Waals surface area contributed by atoms with Crippen molar-refractivity contribution in [3.63, 3.8) is 0 Å². The molecule has 0 fully saturated rings. The fourth-order valence-electron chi connectivity index (χ4n) is 2.94. The van der Waals surface area contributed by atoms with Crippen molar-refractivity contribution in [1.29, 1.82) is 0 Å². The molecule has 61 heavy (non-hydrogen) atoms. The monoisotopic (exact) mass is 1070 g/mol. The lowest BCUT2D eigenvalue weighted by Gasteiger charge is -2.02. The maximum Gasteiger partial charge on any atom is 0.264 e. The first kappa shape index (κ1) is 64.7. The Morgan fingerprint density at radius 3 is 1.07 bits per heavy atom. The summed E-state index contributed by atoms with van der Waals surface area (Å²) in [5, 5.41) is 16.5. The lowest BCUT2D eigenvalue weighted by atomic mass is 10.3. The van der Waals surface area contributed by atoms with E-state index in [2.05, 4.69) is 96.1 Å². The molecule has 3 aromatic rings. The minimum Gasteiger partial charge on any atom is -0.748 e. The van der Waals surface area contributed by atoms with E-state index in [1.807, 2.05) is 40.6 Å². The summed E-state index contributed by atoms with van der Waals surface area (Å²) in [5.41, 5.74) is 3.90. The number of aromatic nitrogens is 3. The van der Waals surface area contributed by atoms with Gasteiger partial charge < -0.3 is 14.8 Å². The number of aliphatic hydroxyl groups excluding tert-OH is 2. The van der Waals surface area contributed by atoms with E-state index in [-0.39, 0.29) is 26.4 Å². The van der Waals surface area contributed by atoms with Gasteiger partial charge in [-0.25, -0.2) is 26.0 Å². The maximum atomic E-state index is 10.6. The van der Waals surface area contributed by atoms with Gasteiger partial charge in [-0.15, -0.1) is 0 Å². The van der Waals surface area contributed by atoms with Gasteiger partial charge in [0.15, 0.2) is 37.9 Å². The Morgan fingerprint density at radius 2 is 0.820 bits per heavy atom. The molecule has 0 unspecified atom stereocenters. The van der Waals surface area contributed by atoms with Gasteiger partial charge in [-0.05, 0) is 49.6 Å². The van der Waals surface area contributed by atoms with Gasteiger partial charge in [0.1, 0.15) is 0 Å². The van der Waals surface area contributed by atoms with Crippen LogP contribution < -0.4 is 9.13 Å². The first-order valence-electron chi connectivity index (χ1n) is 17.5. The highest BCUT2D eigenvalue weighted by Crippen LogP contribution is 2.21. The minimum absolute atomic E-state index is 0.115. The van der Waals surface area contributed by atoms with Crippen molar-refractivity contribution in [2.75, 3.05) is 86.0 Å². The van der Waals surface area contributed by atoms with E-state index < -0.39 is 39.4 Å². The van der Waals surface area contributed by atoms with Crippen molar-refractivity contribution in [2.24, 2.45) is 0 Å². The third-order valence-corrected chi connectivity index (χ3v) is 13.6. The van der Waals surface area contributed by atoms with Gasteiger partial charge in [0, 0.05) is 76.6 Å². The molecule has 3 aromatic heterocycles. The Kier molecular flexibility index (Phi) is 42.2. The van der Waals surface area contributed by atoms with Crippen LogP contribution >= 0.6 is 75.4 Å². The molecule has 0 amide bonds. The molecule has 0 aliphatic carbocycles. The number of aliphatic hydroxyl groups is 2. The van der Waals surface area contributed by atoms with Crippen molar-refractivity contribution in [2.45, 2.75) is 33.9 Å². The third kappa shape index (κ3) is 66.2. The lowest BCUT2D eigenvalue weighted by Crippen LogP contribution is -2.34. The molecule has 0 aliphatic heterocycles. The minimum atomic E-state index is -3.92. The standard InChI is InChI=1S/C16H22N2S2.C6H7N.C6H14O6S4.C4H10O2S2.CH3ClO2S.CH4O3S/c1-15-3-7-17(8-4-15)11-13-19-20-14-12-18-9-5-16(2)6-10-18;1-6-2-4-7-5-3-6;1-15(7,8)11-3-5-13-14-6-4-12-16(2,9)10;5-1-3-7-8-4-2-6;2*1-5(2,3)4/h3-10H,11-14H2,1-2H3;2-5H,1H3;3-6H2,1-2H3;5-6H,1-4H2;1H3;1H3,(H,2,3,4)/q+2;;;;;/p-1. The summed E-state index contributed by atoms with van der Waals surface area (Å²) in [4.78, 5) is 3.85. The number of rotatable bonds is 21. The van der Waals surface area contributed by atoms with E-state index in [1.54, 1.807) is 34.0 Å². The number of pyridine rings is 3. The first-order valence-corrected chi connectivity index (χ1v) is 33.1. The second-order valence-corrected chi connectivity index (χ2v) is 27.4. The van der Waals surface area contributed by atoms with E-state index in [0.717, 1.165) is 54.9 Å². The third-order valence-electron chi connectivity index (χ3n) is 5.36. The van der Waals surface area contributed by atoms with E-state index in [1.165, 1.54) is 38.3 Å². The van der Waals surface area contributed by atoms with E-state index in [4.69, 9.17) is 23.2 Å². The van der Waals surface area contributed by atoms with Gasteiger partial charge >= 0.3 is 0 Å². The number of hydrogen-bond acceptors (Lipinski definition) is 20. The molecule has 0 bridgehead atoms. The summed E-state index contributed by atoms with van der Waals surface area (Å²) in [6.07, 6.45) is 15.7. The van der Waals surface area contributed by atoms with Crippen LogP contribution in [-0.4, -0.2) is 139 Å². The number of aryl methyl sites for hydroxylation is 5. The Hall–Kier alpha value is -0.560. The van der Waals surface area contributed by atoms with Crippen LogP contribution in [0.2, 0.25) is 0 Å². The molecule has 0 aliphatic rings. The van der Waals surface area contributed by atoms with E-state index in [0.29, 0.717) is 17.8 Å². The number of nitrogens with zero attached hydrogens (tertiary/aromatic N) is 3. The molecule has 0 saturated heterocycles. The highest BCUT2D eigenvalue weighted by molar-refractivity contribution is 8.77. The Balaban J connectivity index is -0.000000725. The highest BCUT2D eigenvalue weighted by Gasteiger charge is 2.04. The van der Waals surface area contributed by atoms with Gasteiger partial charge in [-0.1, -0.05) is 64.8 Å². The molecule has 2 N–H and O–H groups in total. The molecule has 0 spiro atoms. The zero-order chi connectivity index (χ0) is 47.2. The molecule has 3 heterocycles. The van der Waals surface area contributed by atoms with Gasteiger partial charge in [-0.2, -0.15) is 16.8 Å². The zero-order valence-corrected chi connectivity index (χ0v) is 44.0. The predicted molar refractivity (Wildman–Crippen MR) is 259 cm³/mol. The Bertz CT molecular complexity index is 1800. The van der Waals surface area contributed by atoms with Crippen molar-refractivity contribution in [3.05, 3.63) is 90.3 Å². The van der Waals surface area contributed by atoms with Crippen LogP contribution in [0.5, 0.6) is 0 Å². The maximum absolute atomic E-state index is 10.6. The topological polar surface area (TPSA) is 239 Å². The first-order chi connectivity index (χ1) is 28.3. The molecule has 3 rings (SSSR count). The molecule has 0 aromatic carbocycles. The summed E-state index contributed by atoms with van der Waals surface area (Å²) in [6.45, 7) is 9.13. The van der Waals surface area contributed by atoms with Crippen LogP contribution in [0.15, 0.2) is 73.6 Å². The lowest BCUT2D eigenvalue weighted by molar-refractivity contribution is -0.692. The van der Waals surface area contributed by atoms with Crippen LogP contribution in [-0.2, 0) is 60.9 Å². The molecule has 27 heteroatoms. The average molecular weight is 1070 g/mol. The fourth-order valence-corrected chi connectivity index (χ4v) is 9.08.